The minimum absolute atomic E-state index is 0. The van der Waals surface area contributed by atoms with Gasteiger partial charge in [-0.3, -0.25) is 4.79 Å². The van der Waals surface area contributed by atoms with Gasteiger partial charge in [0.05, 0.1) is 12.7 Å². The van der Waals surface area contributed by atoms with Crippen LogP contribution in [0.3, 0.4) is 0 Å². The fraction of sp³-hybridized carbons (Fsp3) is 0.533. The largest absolute Gasteiger partial charge is 0.490 e. The number of carbonyl (C=O) groups is 1. The first-order valence-corrected chi connectivity index (χ1v) is 7.20. The summed E-state index contributed by atoms with van der Waals surface area (Å²) in [5.74, 6) is 1.03. The molecule has 1 aromatic rings. The zero-order valence-corrected chi connectivity index (χ0v) is 13.4. The predicted molar refractivity (Wildman–Crippen MR) is 85.7 cm³/mol. The van der Waals surface area contributed by atoms with E-state index in [0.29, 0.717) is 31.2 Å². The summed E-state index contributed by atoms with van der Waals surface area (Å²) in [6.45, 7) is 4.11. The van der Waals surface area contributed by atoms with E-state index in [2.05, 4.69) is 10.6 Å². The van der Waals surface area contributed by atoms with Crippen LogP contribution in [-0.4, -0.2) is 50.0 Å². The van der Waals surface area contributed by atoms with Crippen molar-refractivity contribution in [2.45, 2.75) is 13.0 Å². The van der Waals surface area contributed by atoms with E-state index >= 15 is 0 Å². The highest BCUT2D eigenvalue weighted by Crippen LogP contribution is 2.26. The van der Waals surface area contributed by atoms with Crippen LogP contribution >= 0.6 is 12.4 Å². The highest BCUT2D eigenvalue weighted by Gasteiger charge is 2.25. The lowest BCUT2D eigenvalue weighted by Gasteiger charge is -2.15. The van der Waals surface area contributed by atoms with Gasteiger partial charge in [0.2, 0.25) is 0 Å². The Kier molecular flexibility index (Phi) is 8.01. The second-order valence-corrected chi connectivity index (χ2v) is 4.96. The predicted octanol–water partition coefficient (Wildman–Crippen LogP) is 0.582. The molecule has 0 spiro atoms. The summed E-state index contributed by atoms with van der Waals surface area (Å²) in [7, 11) is 0. The SMILES string of the molecule is CCOc1ccccc1OCC(=O)NCC1CNCC1O.Cl. The normalized spacial score (nSPS) is 20.1. The van der Waals surface area contributed by atoms with Crippen LogP contribution in [0.5, 0.6) is 11.5 Å². The first-order chi connectivity index (χ1) is 10.2. The number of β-amino-alcohol motifs (C(OH)–C–C–N with tert-alkyl or cyclic N) is 1. The van der Waals surface area contributed by atoms with Gasteiger partial charge in [-0.1, -0.05) is 12.1 Å². The zero-order valence-electron chi connectivity index (χ0n) is 12.6. The third kappa shape index (κ3) is 5.36. The Hall–Kier alpha value is -1.50. The van der Waals surface area contributed by atoms with E-state index in [9.17, 15) is 9.90 Å². The van der Waals surface area contributed by atoms with E-state index in [-0.39, 0.29) is 30.8 Å². The molecule has 0 aliphatic carbocycles. The number of nitrogens with one attached hydrogen (secondary N) is 2. The van der Waals surface area contributed by atoms with Gasteiger partial charge in [0, 0.05) is 25.6 Å². The summed E-state index contributed by atoms with van der Waals surface area (Å²) in [6, 6.07) is 7.25. The number of para-hydroxylation sites is 2. The number of hydrogen-bond acceptors (Lipinski definition) is 5. The molecule has 2 unspecified atom stereocenters. The standard InChI is InChI=1S/C15H22N2O4.ClH/c1-2-20-13-5-3-4-6-14(13)21-10-15(19)17-8-11-7-16-9-12(11)18;/h3-6,11-12,16,18H,2,7-10H2,1H3,(H,17,19);1H. The smallest absolute Gasteiger partial charge is 0.257 e. The lowest BCUT2D eigenvalue weighted by Crippen LogP contribution is -2.36. The number of halogens is 1. The topological polar surface area (TPSA) is 79.8 Å². The van der Waals surface area contributed by atoms with Gasteiger partial charge >= 0.3 is 0 Å². The Balaban J connectivity index is 0.00000242. The first-order valence-electron chi connectivity index (χ1n) is 7.20. The summed E-state index contributed by atoms with van der Waals surface area (Å²) < 4.78 is 10.9. The van der Waals surface area contributed by atoms with Crippen molar-refractivity contribution in [2.75, 3.05) is 32.8 Å². The summed E-state index contributed by atoms with van der Waals surface area (Å²) in [4.78, 5) is 11.8. The average Bonchev–Trinajstić information content (AvgIpc) is 2.90. The molecule has 124 valence electrons. The van der Waals surface area contributed by atoms with Crippen LogP contribution in [0.25, 0.3) is 0 Å². The molecule has 22 heavy (non-hydrogen) atoms. The van der Waals surface area contributed by atoms with Crippen molar-refractivity contribution in [1.29, 1.82) is 0 Å². The number of carbonyl (C=O) groups excluding carboxylic acids is 1. The molecule has 1 fully saturated rings. The molecular weight excluding hydrogens is 308 g/mol. The van der Waals surface area contributed by atoms with Crippen molar-refractivity contribution < 1.29 is 19.4 Å². The van der Waals surface area contributed by atoms with Gasteiger partial charge < -0.3 is 25.2 Å². The summed E-state index contributed by atoms with van der Waals surface area (Å²) in [5, 5.41) is 15.5. The molecule has 1 aromatic carbocycles. The summed E-state index contributed by atoms with van der Waals surface area (Å²) in [5.41, 5.74) is 0. The van der Waals surface area contributed by atoms with Crippen LogP contribution in [0, 0.1) is 5.92 Å². The molecule has 0 aromatic heterocycles. The van der Waals surface area contributed by atoms with Crippen LogP contribution < -0.4 is 20.1 Å². The fourth-order valence-corrected chi connectivity index (χ4v) is 2.21. The number of rotatable bonds is 7. The molecule has 1 saturated heterocycles. The molecule has 1 aliphatic heterocycles. The van der Waals surface area contributed by atoms with Crippen molar-refractivity contribution in [3.8, 4) is 11.5 Å². The third-order valence-corrected chi connectivity index (χ3v) is 3.37. The Morgan fingerprint density at radius 3 is 2.59 bits per heavy atom. The minimum Gasteiger partial charge on any atom is -0.490 e. The molecule has 1 aliphatic rings. The van der Waals surface area contributed by atoms with Crippen molar-refractivity contribution in [3.63, 3.8) is 0 Å². The van der Waals surface area contributed by atoms with E-state index < -0.39 is 6.10 Å². The third-order valence-electron chi connectivity index (χ3n) is 3.37. The van der Waals surface area contributed by atoms with Crippen molar-refractivity contribution in [3.05, 3.63) is 24.3 Å². The molecule has 0 saturated carbocycles. The van der Waals surface area contributed by atoms with Gasteiger partial charge in [0.25, 0.3) is 5.91 Å². The van der Waals surface area contributed by atoms with Crippen molar-refractivity contribution in [2.24, 2.45) is 5.92 Å². The van der Waals surface area contributed by atoms with Crippen molar-refractivity contribution >= 4 is 18.3 Å². The first kappa shape index (κ1) is 18.5. The maximum absolute atomic E-state index is 11.8. The molecule has 1 amide bonds. The summed E-state index contributed by atoms with van der Waals surface area (Å²) >= 11 is 0. The molecule has 1 heterocycles. The molecule has 3 N–H and O–H groups in total. The second-order valence-electron chi connectivity index (χ2n) is 4.96. The number of ether oxygens (including phenoxy) is 2. The number of aliphatic hydroxyl groups is 1. The zero-order chi connectivity index (χ0) is 15.1. The Bertz CT molecular complexity index is 473. The van der Waals surface area contributed by atoms with Gasteiger partial charge in [0.1, 0.15) is 0 Å². The molecule has 7 heteroatoms. The van der Waals surface area contributed by atoms with Crippen LogP contribution in [0.4, 0.5) is 0 Å². The van der Waals surface area contributed by atoms with E-state index in [0.717, 1.165) is 6.54 Å². The lowest BCUT2D eigenvalue weighted by atomic mass is 10.1. The van der Waals surface area contributed by atoms with Crippen LogP contribution in [-0.2, 0) is 4.79 Å². The fourth-order valence-electron chi connectivity index (χ4n) is 2.21. The van der Waals surface area contributed by atoms with Gasteiger partial charge in [-0.05, 0) is 19.1 Å². The van der Waals surface area contributed by atoms with E-state index in [1.165, 1.54) is 0 Å². The molecule has 6 nitrogen and oxygen atoms in total. The molecule has 0 bridgehead atoms. The molecule has 2 rings (SSSR count). The lowest BCUT2D eigenvalue weighted by molar-refractivity contribution is -0.123. The van der Waals surface area contributed by atoms with Crippen LogP contribution in [0.15, 0.2) is 24.3 Å². The quantitative estimate of drug-likeness (QED) is 0.681. The number of aliphatic hydroxyl groups excluding tert-OH is 1. The van der Waals surface area contributed by atoms with E-state index in [1.54, 1.807) is 12.1 Å². The Morgan fingerprint density at radius 2 is 2.00 bits per heavy atom. The molecule has 0 radical (unpaired) electrons. The van der Waals surface area contributed by atoms with Gasteiger partial charge in [-0.2, -0.15) is 0 Å². The molecule has 2 atom stereocenters. The van der Waals surface area contributed by atoms with Gasteiger partial charge in [-0.25, -0.2) is 0 Å². The highest BCUT2D eigenvalue weighted by atomic mass is 35.5. The Morgan fingerprint density at radius 1 is 1.32 bits per heavy atom. The Labute approximate surface area is 136 Å². The maximum atomic E-state index is 11.8. The number of amides is 1. The van der Waals surface area contributed by atoms with E-state index in [1.807, 2.05) is 19.1 Å². The maximum Gasteiger partial charge on any atom is 0.257 e. The summed E-state index contributed by atoms with van der Waals surface area (Å²) in [6.07, 6.45) is -0.398. The van der Waals surface area contributed by atoms with E-state index in [4.69, 9.17) is 9.47 Å². The number of benzene rings is 1. The van der Waals surface area contributed by atoms with Gasteiger partial charge in [-0.15, -0.1) is 12.4 Å². The average molecular weight is 331 g/mol. The van der Waals surface area contributed by atoms with Crippen LogP contribution in [0.1, 0.15) is 6.92 Å². The second kappa shape index (κ2) is 9.50. The molecular formula is C15H23ClN2O4. The van der Waals surface area contributed by atoms with Crippen LogP contribution in [0.2, 0.25) is 0 Å². The monoisotopic (exact) mass is 330 g/mol. The minimum atomic E-state index is -0.398. The number of hydrogen-bond donors (Lipinski definition) is 3. The van der Waals surface area contributed by atoms with Crippen molar-refractivity contribution in [1.82, 2.24) is 10.6 Å². The van der Waals surface area contributed by atoms with Gasteiger partial charge in [0.15, 0.2) is 18.1 Å². The highest BCUT2D eigenvalue weighted by molar-refractivity contribution is 5.85.